The van der Waals surface area contributed by atoms with Crippen LogP contribution in [0.1, 0.15) is 11.1 Å². The topological polar surface area (TPSA) is 73.9 Å². The number of aliphatic hydroxyl groups is 1. The highest BCUT2D eigenvalue weighted by Crippen LogP contribution is 2.11. The molecule has 0 unspecified atom stereocenters. The number of hydrogen-bond donors (Lipinski definition) is 2. The average Bonchev–Trinajstić information content (AvgIpc) is 2.85. The molecule has 2 rings (SSSR count). The summed E-state index contributed by atoms with van der Waals surface area (Å²) in [6.07, 6.45) is 3.65. The molecule has 0 aliphatic carbocycles. The Kier molecular flexibility index (Phi) is 3.94. The predicted molar refractivity (Wildman–Crippen MR) is 67.8 cm³/mol. The van der Waals surface area contributed by atoms with E-state index in [0.717, 1.165) is 11.3 Å². The third-order valence-electron chi connectivity index (χ3n) is 2.50. The fraction of sp³-hybridized carbons (Fsp3) is 0.231. The second kappa shape index (κ2) is 5.84. The van der Waals surface area contributed by atoms with Crippen LogP contribution in [-0.4, -0.2) is 21.5 Å². The molecule has 0 bridgehead atoms. The van der Waals surface area contributed by atoms with Crippen LogP contribution in [0.25, 0.3) is 0 Å². The van der Waals surface area contributed by atoms with Crippen LogP contribution in [0.2, 0.25) is 0 Å². The van der Waals surface area contributed by atoms with Crippen LogP contribution in [-0.2, 0) is 13.1 Å². The lowest BCUT2D eigenvalue weighted by molar-refractivity contribution is 0.269. The minimum atomic E-state index is 0.0821. The first-order valence-corrected chi connectivity index (χ1v) is 5.68. The van der Waals surface area contributed by atoms with E-state index in [-0.39, 0.29) is 6.61 Å². The molecule has 0 aliphatic heterocycles. The number of benzene rings is 1. The molecule has 1 aromatic carbocycles. The normalized spacial score (nSPS) is 10.0. The Balaban J connectivity index is 1.96. The molecule has 5 nitrogen and oxygen atoms in total. The van der Waals surface area contributed by atoms with Crippen molar-refractivity contribution in [2.45, 2.75) is 13.1 Å². The maximum absolute atomic E-state index is 8.79. The van der Waals surface area contributed by atoms with Crippen molar-refractivity contribution < 1.29 is 5.11 Å². The second-order valence-corrected chi connectivity index (χ2v) is 3.88. The van der Waals surface area contributed by atoms with Gasteiger partial charge in [0.2, 0.25) is 0 Å². The number of aromatic nitrogens is 2. The van der Waals surface area contributed by atoms with Gasteiger partial charge >= 0.3 is 0 Å². The summed E-state index contributed by atoms with van der Waals surface area (Å²) in [7, 11) is 0. The van der Waals surface area contributed by atoms with Crippen LogP contribution in [0, 0.1) is 11.3 Å². The third kappa shape index (κ3) is 3.09. The Hall–Kier alpha value is -2.32. The number of aliphatic hydroxyl groups excluding tert-OH is 1. The van der Waals surface area contributed by atoms with Crippen LogP contribution in [0.5, 0.6) is 0 Å². The lowest BCUT2D eigenvalue weighted by atomic mass is 10.2. The highest BCUT2D eigenvalue weighted by Gasteiger charge is 1.99. The van der Waals surface area contributed by atoms with Gasteiger partial charge in [0, 0.05) is 24.0 Å². The largest absolute Gasteiger partial charge is 0.394 e. The molecule has 18 heavy (non-hydrogen) atoms. The molecular formula is C13H14N4O. The first-order valence-electron chi connectivity index (χ1n) is 5.68. The summed E-state index contributed by atoms with van der Waals surface area (Å²) in [5, 5.41) is 24.9. The zero-order valence-corrected chi connectivity index (χ0v) is 9.87. The van der Waals surface area contributed by atoms with E-state index in [1.54, 1.807) is 23.0 Å². The van der Waals surface area contributed by atoms with E-state index < -0.39 is 0 Å². The van der Waals surface area contributed by atoms with Gasteiger partial charge in [-0.3, -0.25) is 4.68 Å². The van der Waals surface area contributed by atoms with Gasteiger partial charge in [-0.2, -0.15) is 10.4 Å². The van der Waals surface area contributed by atoms with Gasteiger partial charge < -0.3 is 10.4 Å². The summed E-state index contributed by atoms with van der Waals surface area (Å²) in [6.45, 7) is 1.23. The Morgan fingerprint density at radius 3 is 3.11 bits per heavy atom. The van der Waals surface area contributed by atoms with Gasteiger partial charge in [-0.1, -0.05) is 6.07 Å². The molecule has 5 heteroatoms. The molecule has 2 N–H and O–H groups in total. The highest BCUT2D eigenvalue weighted by atomic mass is 16.3. The Morgan fingerprint density at radius 1 is 1.44 bits per heavy atom. The highest BCUT2D eigenvalue weighted by molar-refractivity contribution is 5.49. The van der Waals surface area contributed by atoms with Gasteiger partial charge in [0.25, 0.3) is 0 Å². The van der Waals surface area contributed by atoms with E-state index in [2.05, 4.69) is 16.5 Å². The molecule has 0 fully saturated rings. The van der Waals surface area contributed by atoms with Crippen molar-refractivity contribution in [3.63, 3.8) is 0 Å². The lowest BCUT2D eigenvalue weighted by Crippen LogP contribution is -2.02. The Morgan fingerprint density at radius 2 is 2.33 bits per heavy atom. The summed E-state index contributed by atoms with van der Waals surface area (Å²) in [5.74, 6) is 0. The monoisotopic (exact) mass is 242 g/mol. The van der Waals surface area contributed by atoms with Gasteiger partial charge in [-0.15, -0.1) is 0 Å². The zero-order chi connectivity index (χ0) is 12.8. The average molecular weight is 242 g/mol. The van der Waals surface area contributed by atoms with Crippen molar-refractivity contribution in [1.82, 2.24) is 9.78 Å². The van der Waals surface area contributed by atoms with E-state index in [9.17, 15) is 0 Å². The third-order valence-corrected chi connectivity index (χ3v) is 2.50. The maximum atomic E-state index is 8.79. The van der Waals surface area contributed by atoms with Crippen LogP contribution >= 0.6 is 0 Å². The molecule has 0 atom stereocenters. The van der Waals surface area contributed by atoms with Crippen molar-refractivity contribution in [2.75, 3.05) is 11.9 Å². The van der Waals surface area contributed by atoms with Gasteiger partial charge in [0.15, 0.2) is 0 Å². The van der Waals surface area contributed by atoms with Crippen molar-refractivity contribution >= 4 is 5.69 Å². The van der Waals surface area contributed by atoms with Crippen LogP contribution in [0.4, 0.5) is 5.69 Å². The minimum absolute atomic E-state index is 0.0821. The zero-order valence-electron chi connectivity index (χ0n) is 9.87. The minimum Gasteiger partial charge on any atom is -0.394 e. The lowest BCUT2D eigenvalue weighted by Gasteiger charge is -2.04. The SMILES string of the molecule is N#Cc1cccc(NCc2cnn(CCO)c2)c1. The quantitative estimate of drug-likeness (QED) is 0.830. The molecule has 0 spiro atoms. The molecule has 1 aromatic heterocycles. The molecule has 0 aliphatic rings. The molecule has 0 amide bonds. The predicted octanol–water partition coefficient (Wildman–Crippen LogP) is 1.36. The first-order chi connectivity index (χ1) is 8.81. The summed E-state index contributed by atoms with van der Waals surface area (Å²) in [5.41, 5.74) is 2.57. The Bertz CT molecular complexity index is 556. The first kappa shape index (κ1) is 12.1. The van der Waals surface area contributed by atoms with Crippen molar-refractivity contribution in [3.05, 3.63) is 47.8 Å². The number of anilines is 1. The molecule has 0 saturated heterocycles. The van der Waals surface area contributed by atoms with Crippen molar-refractivity contribution in [1.29, 1.82) is 5.26 Å². The number of hydrogen-bond acceptors (Lipinski definition) is 4. The number of nitrogens with one attached hydrogen (secondary N) is 1. The number of nitrogens with zero attached hydrogens (tertiary/aromatic N) is 3. The maximum Gasteiger partial charge on any atom is 0.0992 e. The fourth-order valence-electron chi connectivity index (χ4n) is 1.63. The molecule has 0 saturated carbocycles. The molecule has 1 heterocycles. The van der Waals surface area contributed by atoms with E-state index >= 15 is 0 Å². The number of nitriles is 1. The van der Waals surface area contributed by atoms with Crippen LogP contribution < -0.4 is 5.32 Å². The van der Waals surface area contributed by atoms with Crippen molar-refractivity contribution in [2.24, 2.45) is 0 Å². The Labute approximate surface area is 105 Å². The van der Waals surface area contributed by atoms with Gasteiger partial charge in [0.1, 0.15) is 0 Å². The van der Waals surface area contributed by atoms with E-state index in [4.69, 9.17) is 10.4 Å². The van der Waals surface area contributed by atoms with Gasteiger partial charge in [0.05, 0.1) is 31.0 Å². The van der Waals surface area contributed by atoms with E-state index in [1.165, 1.54) is 0 Å². The van der Waals surface area contributed by atoms with E-state index in [1.807, 2.05) is 18.3 Å². The van der Waals surface area contributed by atoms with Gasteiger partial charge in [-0.25, -0.2) is 0 Å². The van der Waals surface area contributed by atoms with Crippen LogP contribution in [0.15, 0.2) is 36.7 Å². The second-order valence-electron chi connectivity index (χ2n) is 3.88. The number of rotatable bonds is 5. The standard InChI is InChI=1S/C13H14N4O/c14-7-11-2-1-3-13(6-11)15-8-12-9-16-17(10-12)4-5-18/h1-3,6,9-10,15,18H,4-5,8H2. The van der Waals surface area contributed by atoms with E-state index in [0.29, 0.717) is 18.7 Å². The van der Waals surface area contributed by atoms with Crippen LogP contribution in [0.3, 0.4) is 0 Å². The summed E-state index contributed by atoms with van der Waals surface area (Å²) in [4.78, 5) is 0. The smallest absolute Gasteiger partial charge is 0.0992 e. The molecular weight excluding hydrogens is 228 g/mol. The van der Waals surface area contributed by atoms with Gasteiger partial charge in [-0.05, 0) is 18.2 Å². The summed E-state index contributed by atoms with van der Waals surface area (Å²) < 4.78 is 1.70. The molecule has 92 valence electrons. The fourth-order valence-corrected chi connectivity index (χ4v) is 1.63. The van der Waals surface area contributed by atoms with Crippen molar-refractivity contribution in [3.8, 4) is 6.07 Å². The molecule has 2 aromatic rings. The summed E-state index contributed by atoms with van der Waals surface area (Å²) >= 11 is 0. The molecule has 0 radical (unpaired) electrons. The summed E-state index contributed by atoms with van der Waals surface area (Å²) in [6, 6.07) is 9.43.